The van der Waals surface area contributed by atoms with Crippen LogP contribution in [0.1, 0.15) is 31.1 Å². The van der Waals surface area contributed by atoms with E-state index in [2.05, 4.69) is 4.98 Å². The summed E-state index contributed by atoms with van der Waals surface area (Å²) in [6, 6.07) is 25.0. The molecule has 1 unspecified atom stereocenters. The highest BCUT2D eigenvalue weighted by Gasteiger charge is 2.44. The number of para-hydroxylation sites is 1. The summed E-state index contributed by atoms with van der Waals surface area (Å²) in [5.74, 6) is 1.33. The topological polar surface area (TPSA) is 79.2 Å². The molecular formula is C27H25N4O3S+. The van der Waals surface area contributed by atoms with E-state index < -0.39 is 6.17 Å². The van der Waals surface area contributed by atoms with Crippen LogP contribution in [0.25, 0.3) is 11.3 Å². The molecule has 176 valence electrons. The van der Waals surface area contributed by atoms with Crippen LogP contribution in [-0.4, -0.2) is 21.7 Å². The van der Waals surface area contributed by atoms with Crippen molar-refractivity contribution in [2.24, 2.45) is 0 Å². The van der Waals surface area contributed by atoms with Gasteiger partial charge >= 0.3 is 11.3 Å². The van der Waals surface area contributed by atoms with Gasteiger partial charge in [-0.15, -0.1) is 0 Å². The zero-order valence-electron chi connectivity index (χ0n) is 19.5. The Balaban J connectivity index is 1.58. The highest BCUT2D eigenvalue weighted by atomic mass is 32.2. The van der Waals surface area contributed by atoms with Crippen molar-refractivity contribution < 1.29 is 14.2 Å². The van der Waals surface area contributed by atoms with Gasteiger partial charge in [0.1, 0.15) is 12.4 Å². The number of H-pyrrole nitrogens is 1. The molecule has 2 heterocycles. The monoisotopic (exact) mass is 485 g/mol. The van der Waals surface area contributed by atoms with Gasteiger partial charge in [0, 0.05) is 17.6 Å². The molecule has 1 aromatic heterocycles. The van der Waals surface area contributed by atoms with Crippen molar-refractivity contribution in [1.82, 2.24) is 10.1 Å². The summed E-state index contributed by atoms with van der Waals surface area (Å²) >= 11 is 1.45. The number of aromatic nitrogens is 3. The van der Waals surface area contributed by atoms with Crippen molar-refractivity contribution in [2.75, 3.05) is 10.7 Å². The van der Waals surface area contributed by atoms with Crippen LogP contribution >= 0.6 is 11.8 Å². The molecule has 1 atom stereocenters. The third kappa shape index (κ3) is 4.44. The Labute approximate surface area is 207 Å². The Hall–Kier alpha value is -3.91. The molecule has 35 heavy (non-hydrogen) atoms. The van der Waals surface area contributed by atoms with Crippen molar-refractivity contribution in [3.05, 3.63) is 100 Å². The fraction of sp³-hybridized carbons (Fsp3) is 0.185. The van der Waals surface area contributed by atoms with Crippen LogP contribution in [0.4, 0.5) is 5.69 Å². The predicted octanol–water partition coefficient (Wildman–Crippen LogP) is 4.33. The van der Waals surface area contributed by atoms with Crippen molar-refractivity contribution in [3.63, 3.8) is 0 Å². The fourth-order valence-electron chi connectivity index (χ4n) is 4.29. The summed E-state index contributed by atoms with van der Waals surface area (Å²) in [7, 11) is 0. The normalized spacial score (nSPS) is 14.2. The smallest absolute Gasteiger partial charge is 0.325 e. The zero-order valence-corrected chi connectivity index (χ0v) is 20.3. The number of anilines is 1. The zero-order chi connectivity index (χ0) is 24.4. The maximum atomic E-state index is 13.2. The van der Waals surface area contributed by atoms with Crippen LogP contribution in [0.15, 0.2) is 88.8 Å². The van der Waals surface area contributed by atoms with E-state index in [4.69, 9.17) is 9.84 Å². The van der Waals surface area contributed by atoms with Crippen molar-refractivity contribution >= 4 is 23.4 Å². The Morgan fingerprint density at radius 2 is 1.77 bits per heavy atom. The van der Waals surface area contributed by atoms with Gasteiger partial charge in [-0.1, -0.05) is 61.2 Å². The Bertz CT molecular complexity index is 1420. The first-order valence-electron chi connectivity index (χ1n) is 11.4. The first-order valence-corrected chi connectivity index (χ1v) is 12.4. The second kappa shape index (κ2) is 9.76. The second-order valence-electron chi connectivity index (χ2n) is 8.11. The molecule has 0 bridgehead atoms. The fourth-order valence-corrected chi connectivity index (χ4v) is 4.88. The first kappa shape index (κ1) is 22.9. The van der Waals surface area contributed by atoms with E-state index in [1.165, 1.54) is 18.7 Å². The lowest BCUT2D eigenvalue weighted by molar-refractivity contribution is -0.763. The maximum Gasteiger partial charge on any atom is 0.325 e. The van der Waals surface area contributed by atoms with Crippen LogP contribution in [-0.2, 0) is 11.4 Å². The number of nitrogens with zero attached hydrogens (tertiary/aromatic N) is 3. The number of benzene rings is 3. The van der Waals surface area contributed by atoms with Gasteiger partial charge in [-0.05, 0) is 52.4 Å². The number of rotatable bonds is 6. The molecule has 0 saturated heterocycles. The third-order valence-electron chi connectivity index (χ3n) is 5.81. The van der Waals surface area contributed by atoms with Crippen LogP contribution in [0, 0.1) is 0 Å². The number of hydrogen-bond acceptors (Lipinski definition) is 5. The summed E-state index contributed by atoms with van der Waals surface area (Å²) in [6.45, 7) is 3.99. The Kier molecular flexibility index (Phi) is 6.37. The van der Waals surface area contributed by atoms with Crippen LogP contribution in [0.3, 0.4) is 0 Å². The summed E-state index contributed by atoms with van der Waals surface area (Å²) in [6.07, 6.45) is -0.612. The third-order valence-corrected chi connectivity index (χ3v) is 6.55. The van der Waals surface area contributed by atoms with E-state index in [0.717, 1.165) is 22.6 Å². The number of aromatic amines is 1. The van der Waals surface area contributed by atoms with Gasteiger partial charge in [-0.25, -0.2) is 4.90 Å². The molecule has 0 radical (unpaired) electrons. The number of thioether (sulfide) groups is 1. The molecule has 5 rings (SSSR count). The van der Waals surface area contributed by atoms with Crippen LogP contribution in [0.2, 0.25) is 0 Å². The van der Waals surface area contributed by atoms with Gasteiger partial charge in [0.2, 0.25) is 11.1 Å². The summed E-state index contributed by atoms with van der Waals surface area (Å²) in [5, 5.41) is 5.26. The minimum absolute atomic E-state index is 0.142. The molecule has 1 N–H and O–H groups in total. The minimum atomic E-state index is -0.612. The summed E-state index contributed by atoms with van der Waals surface area (Å²) < 4.78 is 7.61. The number of carbonyl (C=O) groups is 1. The molecule has 0 fully saturated rings. The lowest BCUT2D eigenvalue weighted by atomic mass is 10.0. The predicted molar refractivity (Wildman–Crippen MR) is 135 cm³/mol. The maximum absolute atomic E-state index is 13.2. The lowest BCUT2D eigenvalue weighted by Gasteiger charge is -2.31. The number of ether oxygens (including phenoxy) is 1. The lowest BCUT2D eigenvalue weighted by Crippen LogP contribution is -2.60. The average Bonchev–Trinajstić information content (AvgIpc) is 2.87. The van der Waals surface area contributed by atoms with Crippen molar-refractivity contribution in [1.29, 1.82) is 0 Å². The van der Waals surface area contributed by atoms with Crippen molar-refractivity contribution in [2.45, 2.75) is 31.8 Å². The number of nitrogens with one attached hydrogen (secondary N) is 1. The largest absolute Gasteiger partial charge is 0.489 e. The van der Waals surface area contributed by atoms with E-state index in [0.29, 0.717) is 28.7 Å². The van der Waals surface area contributed by atoms with Gasteiger partial charge in [0.15, 0.2) is 0 Å². The standard InChI is InChI=1S/C27H24N4O3S/c1-3-35-27-28-25(33)24-22-11-7-8-12-23(22)30(18(2)32)26(31(24)29-27)20-13-15-21(16-14-20)34-17-19-9-5-4-6-10-19/h4-16,26H,3,17H2,1-2H3/p+1. The summed E-state index contributed by atoms with van der Waals surface area (Å²) in [5.41, 5.74) is 3.43. The van der Waals surface area contributed by atoms with Gasteiger partial charge < -0.3 is 4.74 Å². The molecule has 8 heteroatoms. The van der Waals surface area contributed by atoms with Crippen LogP contribution < -0.4 is 19.9 Å². The number of fused-ring (bicyclic) bond motifs is 3. The van der Waals surface area contributed by atoms with E-state index >= 15 is 0 Å². The Morgan fingerprint density at radius 3 is 2.49 bits per heavy atom. The van der Waals surface area contributed by atoms with Gasteiger partial charge in [0.25, 0.3) is 6.17 Å². The number of carbonyl (C=O) groups excluding carboxylic acids is 1. The van der Waals surface area contributed by atoms with Crippen LogP contribution in [0.5, 0.6) is 5.75 Å². The van der Waals surface area contributed by atoms with Gasteiger partial charge in [-0.2, -0.15) is 0 Å². The van der Waals surface area contributed by atoms with E-state index in [1.807, 2.05) is 85.8 Å². The summed E-state index contributed by atoms with van der Waals surface area (Å²) in [4.78, 5) is 30.7. The van der Waals surface area contributed by atoms with E-state index in [-0.39, 0.29) is 11.5 Å². The molecular weight excluding hydrogens is 460 g/mol. The number of amides is 1. The number of hydrogen-bond donors (Lipinski definition) is 1. The molecule has 3 aromatic carbocycles. The second-order valence-corrected chi connectivity index (χ2v) is 9.36. The molecule has 1 amide bonds. The molecule has 7 nitrogen and oxygen atoms in total. The molecule has 0 aliphatic carbocycles. The first-order chi connectivity index (χ1) is 17.1. The molecule has 0 saturated carbocycles. The van der Waals surface area contributed by atoms with Crippen molar-refractivity contribution in [3.8, 4) is 17.0 Å². The molecule has 4 aromatic rings. The van der Waals surface area contributed by atoms with Gasteiger partial charge in [0.05, 0.1) is 11.3 Å². The quantitative estimate of drug-likeness (QED) is 0.325. The highest BCUT2D eigenvalue weighted by molar-refractivity contribution is 7.99. The van der Waals surface area contributed by atoms with E-state index in [9.17, 15) is 9.59 Å². The molecule has 0 spiro atoms. The highest BCUT2D eigenvalue weighted by Crippen LogP contribution is 2.37. The molecule has 1 aliphatic heterocycles. The SMILES string of the molecule is CCSc1n[n+]2c(c(=O)[nH]1)-c1ccccc1N(C(C)=O)C2c1ccc(OCc2ccccc2)cc1. The Morgan fingerprint density at radius 1 is 1.06 bits per heavy atom. The minimum Gasteiger partial charge on any atom is -0.489 e. The molecule has 1 aliphatic rings. The van der Waals surface area contributed by atoms with Gasteiger partial charge in [-0.3, -0.25) is 14.6 Å². The average molecular weight is 486 g/mol. The van der Waals surface area contributed by atoms with E-state index in [1.54, 1.807) is 9.58 Å².